The van der Waals surface area contributed by atoms with Gasteiger partial charge in [0.15, 0.2) is 5.69 Å². The molecule has 2 aromatic carbocycles. The number of anilines is 1. The highest BCUT2D eigenvalue weighted by Crippen LogP contribution is 2.27. The van der Waals surface area contributed by atoms with Crippen LogP contribution in [0, 0.1) is 13.5 Å². The van der Waals surface area contributed by atoms with E-state index in [4.69, 9.17) is 6.57 Å². The summed E-state index contributed by atoms with van der Waals surface area (Å²) in [6, 6.07) is 16.1. The summed E-state index contributed by atoms with van der Waals surface area (Å²) in [7, 11) is 0. The van der Waals surface area contributed by atoms with Crippen LogP contribution in [0.2, 0.25) is 0 Å². The average Bonchev–Trinajstić information content (AvgIpc) is 3.18. The van der Waals surface area contributed by atoms with Crippen LogP contribution in [0.25, 0.3) is 4.85 Å². The smallest absolute Gasteiger partial charge is 0.279 e. The van der Waals surface area contributed by atoms with Gasteiger partial charge in [-0.05, 0) is 23.6 Å². The van der Waals surface area contributed by atoms with Gasteiger partial charge in [-0.25, -0.2) is 4.85 Å². The molecule has 6 heteroatoms. The van der Waals surface area contributed by atoms with Gasteiger partial charge in [0.2, 0.25) is 5.95 Å². The molecule has 0 atom stereocenters. The molecule has 0 fully saturated rings. The number of aromatic nitrogens is 2. The van der Waals surface area contributed by atoms with E-state index in [1.54, 1.807) is 0 Å². The Bertz CT molecular complexity index is 1240. The lowest BCUT2D eigenvalue weighted by molar-refractivity contribution is 0.239. The second-order valence-corrected chi connectivity index (χ2v) is 8.38. The van der Waals surface area contributed by atoms with E-state index in [-0.39, 0.29) is 5.56 Å². The molecule has 3 heterocycles. The van der Waals surface area contributed by atoms with Crippen molar-refractivity contribution in [1.82, 2.24) is 14.5 Å². The molecule has 0 unspecified atom stereocenters. The van der Waals surface area contributed by atoms with Crippen LogP contribution in [0.3, 0.4) is 0 Å². The van der Waals surface area contributed by atoms with Crippen LogP contribution >= 0.6 is 0 Å². The lowest BCUT2D eigenvalue weighted by Gasteiger charge is -2.30. The van der Waals surface area contributed by atoms with Gasteiger partial charge < -0.3 is 9.47 Å². The van der Waals surface area contributed by atoms with Crippen LogP contribution in [0.1, 0.15) is 27.9 Å². The zero-order valence-electron chi connectivity index (χ0n) is 17.7. The van der Waals surface area contributed by atoms with E-state index in [0.717, 1.165) is 61.9 Å². The third kappa shape index (κ3) is 3.73. The molecule has 2 aliphatic heterocycles. The van der Waals surface area contributed by atoms with Gasteiger partial charge in [0.25, 0.3) is 5.56 Å². The van der Waals surface area contributed by atoms with E-state index < -0.39 is 0 Å². The van der Waals surface area contributed by atoms with Gasteiger partial charge in [-0.15, -0.1) is 0 Å². The first-order chi connectivity index (χ1) is 15.1. The molecule has 3 aromatic rings. The molecule has 0 amide bonds. The standard InChI is InChI=1S/C25H25N5O/c1-18-6-3-4-8-20(18)16-29-12-13-30-23-10-11-28(17-22(23)24(31)27-25(29)30)15-19-7-5-9-21(14-19)26-2/h3-9,14H,10-13,15-17H2,1H3. The summed E-state index contributed by atoms with van der Waals surface area (Å²) in [5.41, 5.74) is 6.17. The zero-order valence-corrected chi connectivity index (χ0v) is 17.7. The maximum Gasteiger partial charge on any atom is 0.279 e. The van der Waals surface area contributed by atoms with Crippen LogP contribution in [-0.2, 0) is 32.6 Å². The van der Waals surface area contributed by atoms with E-state index in [9.17, 15) is 4.79 Å². The number of nitrogens with zero attached hydrogens (tertiary/aromatic N) is 5. The Kier molecular flexibility index (Phi) is 5.05. The van der Waals surface area contributed by atoms with Crippen LogP contribution in [0.4, 0.5) is 11.6 Å². The second kappa shape index (κ2) is 8.01. The number of hydrogen-bond donors (Lipinski definition) is 0. The van der Waals surface area contributed by atoms with Crippen molar-refractivity contribution >= 4 is 11.6 Å². The summed E-state index contributed by atoms with van der Waals surface area (Å²) < 4.78 is 2.26. The van der Waals surface area contributed by atoms with Crippen LogP contribution < -0.4 is 10.5 Å². The van der Waals surface area contributed by atoms with Crippen molar-refractivity contribution in [2.75, 3.05) is 18.0 Å². The molecule has 0 N–H and O–H groups in total. The molecule has 156 valence electrons. The third-order valence-corrected chi connectivity index (χ3v) is 6.37. The topological polar surface area (TPSA) is 45.7 Å². The van der Waals surface area contributed by atoms with E-state index in [1.165, 1.54) is 11.1 Å². The van der Waals surface area contributed by atoms with Crippen LogP contribution in [0.5, 0.6) is 0 Å². The van der Waals surface area contributed by atoms with Gasteiger partial charge in [-0.3, -0.25) is 9.69 Å². The predicted molar refractivity (Wildman–Crippen MR) is 121 cm³/mol. The first kappa shape index (κ1) is 19.5. The molecule has 0 bridgehead atoms. The maximum atomic E-state index is 13.0. The van der Waals surface area contributed by atoms with Crippen molar-refractivity contribution in [3.05, 3.63) is 98.2 Å². The number of rotatable bonds is 4. The highest BCUT2D eigenvalue weighted by Gasteiger charge is 2.29. The highest BCUT2D eigenvalue weighted by atomic mass is 16.1. The summed E-state index contributed by atoms with van der Waals surface area (Å²) in [6.07, 6.45) is 0.848. The molecule has 31 heavy (non-hydrogen) atoms. The molecule has 6 nitrogen and oxygen atoms in total. The van der Waals surface area contributed by atoms with E-state index in [1.807, 2.05) is 24.3 Å². The Hall–Kier alpha value is -3.43. The quantitative estimate of drug-likeness (QED) is 0.615. The normalized spacial score (nSPS) is 15.4. The summed E-state index contributed by atoms with van der Waals surface area (Å²) in [5, 5.41) is 0. The summed E-state index contributed by atoms with van der Waals surface area (Å²) >= 11 is 0. The Morgan fingerprint density at radius 1 is 1.06 bits per heavy atom. The molecule has 0 aliphatic carbocycles. The Labute approximate surface area is 182 Å². The molecule has 0 radical (unpaired) electrons. The van der Waals surface area contributed by atoms with Gasteiger partial charge in [0.1, 0.15) is 0 Å². The minimum absolute atomic E-state index is 0.0995. The van der Waals surface area contributed by atoms with Crippen molar-refractivity contribution < 1.29 is 0 Å². The predicted octanol–water partition coefficient (Wildman–Crippen LogP) is 3.68. The lowest BCUT2D eigenvalue weighted by Crippen LogP contribution is -2.37. The van der Waals surface area contributed by atoms with Crippen LogP contribution in [0.15, 0.2) is 53.3 Å². The minimum Gasteiger partial charge on any atom is -0.336 e. The van der Waals surface area contributed by atoms with Gasteiger partial charge >= 0.3 is 0 Å². The van der Waals surface area contributed by atoms with Crippen LogP contribution in [-0.4, -0.2) is 27.5 Å². The Morgan fingerprint density at radius 3 is 2.77 bits per heavy atom. The first-order valence-electron chi connectivity index (χ1n) is 10.7. The molecular formula is C25H25N5O. The summed E-state index contributed by atoms with van der Waals surface area (Å²) in [5.74, 6) is 0.810. The molecule has 5 rings (SSSR count). The van der Waals surface area contributed by atoms with E-state index in [0.29, 0.717) is 12.2 Å². The number of fused-ring (bicyclic) bond motifs is 3. The van der Waals surface area contributed by atoms with Crippen molar-refractivity contribution in [2.24, 2.45) is 0 Å². The van der Waals surface area contributed by atoms with Gasteiger partial charge in [-0.2, -0.15) is 4.98 Å². The fourth-order valence-electron chi connectivity index (χ4n) is 4.69. The maximum absolute atomic E-state index is 13.0. The van der Waals surface area contributed by atoms with Crippen molar-refractivity contribution in [2.45, 2.75) is 39.5 Å². The number of hydrogen-bond acceptors (Lipinski definition) is 4. The van der Waals surface area contributed by atoms with Gasteiger partial charge in [-0.1, -0.05) is 48.5 Å². The van der Waals surface area contributed by atoms with E-state index >= 15 is 0 Å². The minimum atomic E-state index is -0.0995. The fourth-order valence-corrected chi connectivity index (χ4v) is 4.69. The summed E-state index contributed by atoms with van der Waals surface area (Å²) in [6.45, 7) is 14.1. The molecule has 1 aromatic heterocycles. The lowest BCUT2D eigenvalue weighted by atomic mass is 10.1. The first-order valence-corrected chi connectivity index (χ1v) is 10.7. The average molecular weight is 412 g/mol. The number of benzene rings is 2. The monoisotopic (exact) mass is 411 g/mol. The Morgan fingerprint density at radius 2 is 1.94 bits per heavy atom. The van der Waals surface area contributed by atoms with Gasteiger partial charge in [0, 0.05) is 51.4 Å². The molecule has 0 spiro atoms. The molecule has 0 saturated heterocycles. The van der Waals surface area contributed by atoms with Crippen molar-refractivity contribution in [1.29, 1.82) is 0 Å². The molecule has 2 aliphatic rings. The van der Waals surface area contributed by atoms with E-state index in [2.05, 4.69) is 55.4 Å². The molecule has 0 saturated carbocycles. The SMILES string of the molecule is [C-]#[N+]c1cccc(CN2CCc3c(c(=O)nc4n3CCN4Cc3ccccc3C)C2)c1. The second-order valence-electron chi connectivity index (χ2n) is 8.38. The molecular weight excluding hydrogens is 386 g/mol. The largest absolute Gasteiger partial charge is 0.336 e. The Balaban J connectivity index is 1.38. The van der Waals surface area contributed by atoms with Crippen molar-refractivity contribution in [3.63, 3.8) is 0 Å². The van der Waals surface area contributed by atoms with Gasteiger partial charge in [0.05, 0.1) is 12.1 Å². The fraction of sp³-hybridized carbons (Fsp3) is 0.320. The highest BCUT2D eigenvalue weighted by molar-refractivity contribution is 5.46. The van der Waals surface area contributed by atoms with Crippen molar-refractivity contribution in [3.8, 4) is 0 Å². The zero-order chi connectivity index (χ0) is 21.4. The number of aryl methyl sites for hydroxylation is 1. The third-order valence-electron chi connectivity index (χ3n) is 6.37. The summed E-state index contributed by atoms with van der Waals surface area (Å²) in [4.78, 5) is 25.5.